The van der Waals surface area contributed by atoms with Crippen LogP contribution in [0.1, 0.15) is 30.6 Å². The normalized spacial score (nSPS) is 14.5. The van der Waals surface area contributed by atoms with Gasteiger partial charge in [-0.05, 0) is 49.6 Å². The molecule has 0 fully saturated rings. The molecule has 1 aliphatic rings. The maximum atomic E-state index is 13.2. The number of fused-ring (bicyclic) bond motifs is 1. The molecular weight excluding hydrogens is 343 g/mol. The highest BCUT2D eigenvalue weighted by atomic mass is 19.1. The van der Waals surface area contributed by atoms with Crippen molar-refractivity contribution in [2.75, 3.05) is 11.4 Å². The lowest BCUT2D eigenvalue weighted by Gasteiger charge is -2.29. The molecule has 3 aromatic rings. The van der Waals surface area contributed by atoms with Crippen molar-refractivity contribution in [3.8, 4) is 5.69 Å². The number of halogens is 1. The Bertz CT molecular complexity index is 937. The minimum Gasteiger partial charge on any atom is -0.331 e. The van der Waals surface area contributed by atoms with Crippen molar-refractivity contribution >= 4 is 11.7 Å². The van der Waals surface area contributed by atoms with Gasteiger partial charge >= 0.3 is 6.03 Å². The summed E-state index contributed by atoms with van der Waals surface area (Å²) in [6.45, 7) is 2.62. The van der Waals surface area contributed by atoms with Crippen molar-refractivity contribution in [1.29, 1.82) is 0 Å². The van der Waals surface area contributed by atoms with Crippen molar-refractivity contribution in [1.82, 2.24) is 15.1 Å². The van der Waals surface area contributed by atoms with E-state index in [4.69, 9.17) is 0 Å². The minimum atomic E-state index is -0.282. The van der Waals surface area contributed by atoms with Gasteiger partial charge in [-0.15, -0.1) is 0 Å². The minimum absolute atomic E-state index is 0.0868. The molecule has 5 nitrogen and oxygen atoms in total. The highest BCUT2D eigenvalue weighted by molar-refractivity contribution is 5.93. The fourth-order valence-corrected chi connectivity index (χ4v) is 3.45. The largest absolute Gasteiger partial charge is 0.331 e. The van der Waals surface area contributed by atoms with Crippen LogP contribution in [0.15, 0.2) is 60.8 Å². The summed E-state index contributed by atoms with van der Waals surface area (Å²) in [6, 6.07) is 15.9. The lowest BCUT2D eigenvalue weighted by molar-refractivity contribution is 0.243. The molecule has 6 heteroatoms. The SMILES string of the molecule is C[C@H](NC(=O)N1CCCc2c1cnn2-c1ccc(F)cc1)c1ccccc1. The number of nitrogens with one attached hydrogen (secondary N) is 1. The van der Waals surface area contributed by atoms with Crippen molar-refractivity contribution in [3.63, 3.8) is 0 Å². The van der Waals surface area contributed by atoms with Gasteiger partial charge in [-0.2, -0.15) is 5.10 Å². The van der Waals surface area contributed by atoms with Crippen LogP contribution >= 0.6 is 0 Å². The van der Waals surface area contributed by atoms with Crippen LogP contribution in [0.4, 0.5) is 14.9 Å². The molecule has 0 saturated heterocycles. The Hall–Kier alpha value is -3.15. The van der Waals surface area contributed by atoms with E-state index in [-0.39, 0.29) is 17.9 Å². The molecule has 0 spiro atoms. The summed E-state index contributed by atoms with van der Waals surface area (Å²) in [6.07, 6.45) is 3.39. The van der Waals surface area contributed by atoms with E-state index in [2.05, 4.69) is 10.4 Å². The molecule has 4 rings (SSSR count). The Labute approximate surface area is 157 Å². The number of nitrogens with zero attached hydrogens (tertiary/aromatic N) is 3. The molecule has 0 aliphatic carbocycles. The Morgan fingerprint density at radius 1 is 1.15 bits per heavy atom. The van der Waals surface area contributed by atoms with E-state index < -0.39 is 0 Å². The molecule has 1 aromatic heterocycles. The van der Waals surface area contributed by atoms with Crippen LogP contribution < -0.4 is 10.2 Å². The van der Waals surface area contributed by atoms with Gasteiger partial charge in [0.05, 0.1) is 29.3 Å². The zero-order valence-electron chi connectivity index (χ0n) is 15.1. The second-order valence-electron chi connectivity index (χ2n) is 6.70. The standard InChI is InChI=1S/C21H21FN4O/c1-15(16-6-3-2-4-7-16)24-21(27)25-13-5-8-19-20(25)14-23-26(19)18-11-9-17(22)10-12-18/h2-4,6-7,9-12,14-15H,5,8,13H2,1H3,(H,24,27)/t15-/m0/s1. The molecule has 1 N–H and O–H groups in total. The van der Waals surface area contributed by atoms with Gasteiger partial charge in [0.25, 0.3) is 0 Å². The summed E-state index contributed by atoms with van der Waals surface area (Å²) in [5, 5.41) is 7.50. The Balaban J connectivity index is 1.57. The third-order valence-corrected chi connectivity index (χ3v) is 4.89. The topological polar surface area (TPSA) is 50.2 Å². The molecule has 2 amide bonds. The smallest absolute Gasteiger partial charge is 0.322 e. The first-order valence-electron chi connectivity index (χ1n) is 9.09. The van der Waals surface area contributed by atoms with Gasteiger partial charge in [0.1, 0.15) is 5.82 Å². The van der Waals surface area contributed by atoms with E-state index in [1.165, 1.54) is 12.1 Å². The van der Waals surface area contributed by atoms with Gasteiger partial charge in [-0.3, -0.25) is 4.90 Å². The maximum absolute atomic E-state index is 13.2. The van der Waals surface area contributed by atoms with Crippen LogP contribution in [0, 0.1) is 5.82 Å². The molecule has 0 bridgehead atoms. The summed E-state index contributed by atoms with van der Waals surface area (Å²) in [7, 11) is 0. The Morgan fingerprint density at radius 2 is 1.89 bits per heavy atom. The lowest BCUT2D eigenvalue weighted by atomic mass is 10.1. The summed E-state index contributed by atoms with van der Waals surface area (Å²) in [4.78, 5) is 14.6. The van der Waals surface area contributed by atoms with Gasteiger partial charge in [0.2, 0.25) is 0 Å². The monoisotopic (exact) mass is 364 g/mol. The van der Waals surface area contributed by atoms with Crippen molar-refractivity contribution < 1.29 is 9.18 Å². The molecule has 1 aliphatic heterocycles. The lowest BCUT2D eigenvalue weighted by Crippen LogP contribution is -2.43. The first-order chi connectivity index (χ1) is 13.1. The number of hydrogen-bond donors (Lipinski definition) is 1. The molecule has 27 heavy (non-hydrogen) atoms. The summed E-state index contributed by atoms with van der Waals surface area (Å²) >= 11 is 0. The van der Waals surface area contributed by atoms with Crippen LogP contribution in [-0.2, 0) is 6.42 Å². The first-order valence-corrected chi connectivity index (χ1v) is 9.09. The van der Waals surface area contributed by atoms with Gasteiger partial charge < -0.3 is 5.32 Å². The van der Waals surface area contributed by atoms with E-state index in [0.717, 1.165) is 35.5 Å². The molecule has 0 unspecified atom stereocenters. The Morgan fingerprint density at radius 3 is 2.63 bits per heavy atom. The number of anilines is 1. The molecule has 138 valence electrons. The molecule has 2 aromatic carbocycles. The van der Waals surface area contributed by atoms with E-state index in [1.807, 2.05) is 37.3 Å². The molecular formula is C21H21FN4O. The summed E-state index contributed by atoms with van der Waals surface area (Å²) in [5.74, 6) is -0.282. The number of hydrogen-bond acceptors (Lipinski definition) is 2. The highest BCUT2D eigenvalue weighted by Gasteiger charge is 2.27. The highest BCUT2D eigenvalue weighted by Crippen LogP contribution is 2.29. The third kappa shape index (κ3) is 3.43. The van der Waals surface area contributed by atoms with Crippen molar-refractivity contribution in [2.24, 2.45) is 0 Å². The predicted octanol–water partition coefficient (Wildman–Crippen LogP) is 4.23. The second kappa shape index (κ2) is 7.23. The zero-order chi connectivity index (χ0) is 18.8. The fraction of sp³-hybridized carbons (Fsp3) is 0.238. The van der Waals surface area contributed by atoms with Crippen LogP contribution in [-0.4, -0.2) is 22.4 Å². The number of benzene rings is 2. The van der Waals surface area contributed by atoms with Gasteiger partial charge in [-0.1, -0.05) is 30.3 Å². The van der Waals surface area contributed by atoms with Gasteiger partial charge in [0, 0.05) is 6.54 Å². The third-order valence-electron chi connectivity index (χ3n) is 4.89. The van der Waals surface area contributed by atoms with Crippen LogP contribution in [0.25, 0.3) is 5.69 Å². The van der Waals surface area contributed by atoms with Gasteiger partial charge in [0.15, 0.2) is 0 Å². The van der Waals surface area contributed by atoms with Crippen molar-refractivity contribution in [3.05, 3.63) is 77.9 Å². The molecule has 2 heterocycles. The average molecular weight is 364 g/mol. The zero-order valence-corrected chi connectivity index (χ0v) is 15.1. The van der Waals surface area contributed by atoms with E-state index in [9.17, 15) is 9.18 Å². The fourth-order valence-electron chi connectivity index (χ4n) is 3.45. The number of carbonyl (C=O) groups excluding carboxylic acids is 1. The second-order valence-corrected chi connectivity index (χ2v) is 6.70. The van der Waals surface area contributed by atoms with Crippen LogP contribution in [0.3, 0.4) is 0 Å². The quantitative estimate of drug-likeness (QED) is 0.756. The molecule has 1 atom stereocenters. The molecule has 0 saturated carbocycles. The van der Waals surface area contributed by atoms with Crippen LogP contribution in [0.2, 0.25) is 0 Å². The van der Waals surface area contributed by atoms with Crippen LogP contribution in [0.5, 0.6) is 0 Å². The van der Waals surface area contributed by atoms with Crippen molar-refractivity contribution in [2.45, 2.75) is 25.8 Å². The average Bonchev–Trinajstić information content (AvgIpc) is 3.13. The van der Waals surface area contributed by atoms with E-state index in [1.54, 1.807) is 27.9 Å². The maximum Gasteiger partial charge on any atom is 0.322 e. The summed E-state index contributed by atoms with van der Waals surface area (Å²) < 4.78 is 15.0. The Kier molecular flexibility index (Phi) is 4.62. The molecule has 0 radical (unpaired) electrons. The van der Waals surface area contributed by atoms with E-state index in [0.29, 0.717) is 6.54 Å². The summed E-state index contributed by atoms with van der Waals surface area (Å²) in [5.41, 5.74) is 3.63. The number of carbonyl (C=O) groups is 1. The number of aromatic nitrogens is 2. The first kappa shape index (κ1) is 17.3. The number of rotatable bonds is 3. The predicted molar refractivity (Wildman–Crippen MR) is 103 cm³/mol. The number of amides is 2. The van der Waals surface area contributed by atoms with Gasteiger partial charge in [-0.25, -0.2) is 13.9 Å². The van der Waals surface area contributed by atoms with E-state index >= 15 is 0 Å². The number of urea groups is 1.